The predicted molar refractivity (Wildman–Crippen MR) is 255 cm³/mol. The smallest absolute Gasteiger partial charge is 0.0762 e. The summed E-state index contributed by atoms with van der Waals surface area (Å²) in [7, 11) is 0. The molecule has 0 radical (unpaired) electrons. The van der Waals surface area contributed by atoms with Gasteiger partial charge < -0.3 is 4.90 Å². The SMILES string of the molecule is CC1(C)c2ccccc2-c2ccc(N(c3ccc4c(c3)C(C)(C)c3ccccc3-4)c3cccc4c3C3(c5ccccc5-c5ccccc53)c3c(ccc5ccccc35)S4)cc21. The normalized spacial score (nSPS) is 15.9. The fourth-order valence-electron chi connectivity index (χ4n) is 12.0. The highest BCUT2D eigenvalue weighted by molar-refractivity contribution is 7.99. The van der Waals surface area contributed by atoms with Crippen molar-refractivity contribution in [2.24, 2.45) is 0 Å². The molecular formula is C59H43NS. The lowest BCUT2D eigenvalue weighted by Crippen LogP contribution is -2.34. The van der Waals surface area contributed by atoms with E-state index in [4.69, 9.17) is 0 Å². The molecule has 1 heterocycles. The van der Waals surface area contributed by atoms with Crippen molar-refractivity contribution in [2.45, 2.75) is 53.7 Å². The fourth-order valence-corrected chi connectivity index (χ4v) is 13.2. The van der Waals surface area contributed by atoms with Crippen LogP contribution in [0.15, 0.2) is 198 Å². The van der Waals surface area contributed by atoms with E-state index in [1.807, 2.05) is 11.8 Å². The molecule has 0 aromatic heterocycles. The molecule has 0 amide bonds. The van der Waals surface area contributed by atoms with E-state index in [2.05, 4.69) is 221 Å². The molecule has 2 heteroatoms. The van der Waals surface area contributed by atoms with Gasteiger partial charge in [-0.05, 0) is 126 Å². The first kappa shape index (κ1) is 35.2. The summed E-state index contributed by atoms with van der Waals surface area (Å²) in [5.41, 5.74) is 21.5. The molecule has 9 aromatic rings. The second kappa shape index (κ2) is 12.2. The van der Waals surface area contributed by atoms with Crippen molar-refractivity contribution in [2.75, 3.05) is 4.90 Å². The Bertz CT molecular complexity index is 3210. The molecule has 1 spiro atoms. The van der Waals surface area contributed by atoms with Gasteiger partial charge in [-0.1, -0.05) is 185 Å². The van der Waals surface area contributed by atoms with E-state index in [1.54, 1.807) is 0 Å². The second-order valence-corrected chi connectivity index (χ2v) is 19.5. The molecule has 1 nitrogen and oxygen atoms in total. The Morgan fingerprint density at radius 1 is 0.361 bits per heavy atom. The lowest BCUT2D eigenvalue weighted by molar-refractivity contribution is 0.660. The van der Waals surface area contributed by atoms with E-state index in [9.17, 15) is 0 Å². The van der Waals surface area contributed by atoms with Crippen LogP contribution in [0.1, 0.15) is 72.2 Å². The zero-order valence-electron chi connectivity index (χ0n) is 34.8. The van der Waals surface area contributed by atoms with Gasteiger partial charge in [0.1, 0.15) is 0 Å². The molecule has 9 aromatic carbocycles. The van der Waals surface area contributed by atoms with Gasteiger partial charge in [-0.25, -0.2) is 0 Å². The Hall–Kier alpha value is -6.61. The van der Waals surface area contributed by atoms with Gasteiger partial charge >= 0.3 is 0 Å². The van der Waals surface area contributed by atoms with Crippen LogP contribution in [0.25, 0.3) is 44.2 Å². The maximum Gasteiger partial charge on any atom is 0.0762 e. The third-order valence-electron chi connectivity index (χ3n) is 14.7. The van der Waals surface area contributed by atoms with Crippen molar-refractivity contribution >= 4 is 39.6 Å². The van der Waals surface area contributed by atoms with Gasteiger partial charge in [-0.3, -0.25) is 0 Å². The number of benzene rings is 9. The van der Waals surface area contributed by atoms with Crippen molar-refractivity contribution in [3.8, 4) is 33.4 Å². The first-order chi connectivity index (χ1) is 29.8. The Kier molecular flexibility index (Phi) is 7.06. The summed E-state index contributed by atoms with van der Waals surface area (Å²) in [5.74, 6) is 0. The van der Waals surface area contributed by atoms with E-state index in [1.165, 1.54) is 116 Å². The lowest BCUT2D eigenvalue weighted by atomic mass is 9.65. The topological polar surface area (TPSA) is 3.24 Å². The maximum atomic E-state index is 2.61. The number of hydrogen-bond acceptors (Lipinski definition) is 2. The van der Waals surface area contributed by atoms with Crippen LogP contribution in [0, 0.1) is 0 Å². The summed E-state index contributed by atoms with van der Waals surface area (Å²) in [6, 6.07) is 71.7. The summed E-state index contributed by atoms with van der Waals surface area (Å²) in [4.78, 5) is 5.22. The van der Waals surface area contributed by atoms with E-state index in [0.717, 1.165) is 0 Å². The van der Waals surface area contributed by atoms with E-state index < -0.39 is 5.41 Å². The zero-order chi connectivity index (χ0) is 40.8. The van der Waals surface area contributed by atoms with Gasteiger partial charge in [-0.15, -0.1) is 0 Å². The summed E-state index contributed by atoms with van der Waals surface area (Å²) >= 11 is 1.93. The van der Waals surface area contributed by atoms with Crippen LogP contribution in [-0.2, 0) is 16.2 Å². The molecule has 0 unspecified atom stereocenters. The van der Waals surface area contributed by atoms with Crippen LogP contribution in [0.3, 0.4) is 0 Å². The van der Waals surface area contributed by atoms with E-state index in [0.29, 0.717) is 0 Å². The average molecular weight is 798 g/mol. The minimum atomic E-state index is -0.586. The Morgan fingerprint density at radius 2 is 0.820 bits per heavy atom. The molecule has 0 atom stereocenters. The van der Waals surface area contributed by atoms with Gasteiger partial charge in [0.05, 0.1) is 11.1 Å². The van der Waals surface area contributed by atoms with Gasteiger partial charge in [0, 0.05) is 37.6 Å². The monoisotopic (exact) mass is 797 g/mol. The molecule has 0 bridgehead atoms. The van der Waals surface area contributed by atoms with Gasteiger partial charge in [0.25, 0.3) is 0 Å². The van der Waals surface area contributed by atoms with Crippen LogP contribution in [0.5, 0.6) is 0 Å². The molecule has 0 N–H and O–H groups in total. The molecule has 0 saturated carbocycles. The Morgan fingerprint density at radius 3 is 1.39 bits per heavy atom. The molecule has 0 fully saturated rings. The highest BCUT2D eigenvalue weighted by Crippen LogP contribution is 2.66. The van der Waals surface area contributed by atoms with Gasteiger partial charge in [-0.2, -0.15) is 0 Å². The second-order valence-electron chi connectivity index (χ2n) is 18.4. The van der Waals surface area contributed by atoms with Gasteiger partial charge in [0.2, 0.25) is 0 Å². The van der Waals surface area contributed by atoms with Crippen LogP contribution in [0.4, 0.5) is 17.1 Å². The van der Waals surface area contributed by atoms with Gasteiger partial charge in [0.15, 0.2) is 0 Å². The van der Waals surface area contributed by atoms with Crippen LogP contribution in [0.2, 0.25) is 0 Å². The summed E-state index contributed by atoms with van der Waals surface area (Å²) in [6.07, 6.45) is 0. The molecular weight excluding hydrogens is 755 g/mol. The summed E-state index contributed by atoms with van der Waals surface area (Å²) < 4.78 is 0. The molecule has 290 valence electrons. The third kappa shape index (κ3) is 4.48. The van der Waals surface area contributed by atoms with E-state index in [-0.39, 0.29) is 10.8 Å². The van der Waals surface area contributed by atoms with Crippen LogP contribution >= 0.6 is 11.8 Å². The first-order valence-electron chi connectivity index (χ1n) is 21.6. The number of rotatable bonds is 3. The number of fused-ring (bicyclic) bond motifs is 17. The van der Waals surface area contributed by atoms with Crippen LogP contribution < -0.4 is 4.90 Å². The predicted octanol–water partition coefficient (Wildman–Crippen LogP) is 15.7. The number of hydrogen-bond donors (Lipinski definition) is 0. The fraction of sp³-hybridized carbons (Fsp3) is 0.119. The maximum absolute atomic E-state index is 2.61. The van der Waals surface area contributed by atoms with Crippen LogP contribution in [-0.4, -0.2) is 0 Å². The minimum Gasteiger partial charge on any atom is -0.310 e. The van der Waals surface area contributed by atoms with E-state index >= 15 is 0 Å². The average Bonchev–Trinajstić information content (AvgIpc) is 3.81. The lowest BCUT2D eigenvalue weighted by Gasteiger charge is -2.43. The zero-order valence-corrected chi connectivity index (χ0v) is 35.6. The molecule has 3 aliphatic carbocycles. The Labute approximate surface area is 362 Å². The molecule has 61 heavy (non-hydrogen) atoms. The largest absolute Gasteiger partial charge is 0.310 e. The molecule has 1 aliphatic heterocycles. The molecule has 4 aliphatic rings. The van der Waals surface area contributed by atoms with Crippen molar-refractivity contribution < 1.29 is 0 Å². The number of nitrogens with zero attached hydrogens (tertiary/aromatic N) is 1. The van der Waals surface area contributed by atoms with Crippen molar-refractivity contribution in [1.29, 1.82) is 0 Å². The highest BCUT2D eigenvalue weighted by atomic mass is 32.2. The Balaban J connectivity index is 1.15. The van der Waals surface area contributed by atoms with Crippen molar-refractivity contribution in [3.63, 3.8) is 0 Å². The minimum absolute atomic E-state index is 0.149. The summed E-state index contributed by atoms with van der Waals surface area (Å²) in [6.45, 7) is 9.58. The first-order valence-corrected chi connectivity index (χ1v) is 22.4. The van der Waals surface area contributed by atoms with Crippen molar-refractivity contribution in [1.82, 2.24) is 0 Å². The highest BCUT2D eigenvalue weighted by Gasteiger charge is 2.53. The molecule has 13 rings (SSSR count). The molecule has 0 saturated heterocycles. The number of anilines is 3. The standard InChI is InChI=1S/C59H43NS/c1-57(2)46-22-11-7-18-40(46)44-31-29-37(34-50(44)57)60(38-30-32-45-41-19-8-12-23-47(41)58(3,4)51(45)35-38)52-26-15-27-53-56(52)59(55-39-17-6-5-16-36(39)28-33-54(55)61-53)48-24-13-9-20-42(48)43-21-10-14-25-49(43)59/h5-35H,1-4H3. The quantitative estimate of drug-likeness (QED) is 0.175. The summed E-state index contributed by atoms with van der Waals surface area (Å²) in [5, 5.41) is 2.57. The third-order valence-corrected chi connectivity index (χ3v) is 15.8. The van der Waals surface area contributed by atoms with Crippen molar-refractivity contribution in [3.05, 3.63) is 233 Å².